The van der Waals surface area contributed by atoms with Crippen LogP contribution >= 0.6 is 0 Å². The zero-order chi connectivity index (χ0) is 24.7. The van der Waals surface area contributed by atoms with Crippen LogP contribution in [0.4, 0.5) is 0 Å². The maximum Gasteiger partial charge on any atom is 0.494 e. The Labute approximate surface area is 203 Å². The van der Waals surface area contributed by atoms with Gasteiger partial charge < -0.3 is 18.8 Å². The monoisotopic (exact) mass is 466 g/mol. The van der Waals surface area contributed by atoms with Crippen molar-refractivity contribution >= 4 is 24.5 Å². The smallest absolute Gasteiger partial charge is 0.469 e. The van der Waals surface area contributed by atoms with Crippen molar-refractivity contribution in [1.29, 1.82) is 0 Å². The molecule has 6 nitrogen and oxygen atoms in total. The van der Waals surface area contributed by atoms with Gasteiger partial charge in [0.1, 0.15) is 6.61 Å². The number of carbonyl (C=O) groups is 2. The van der Waals surface area contributed by atoms with E-state index >= 15 is 0 Å². The molecule has 2 aromatic carbocycles. The van der Waals surface area contributed by atoms with Gasteiger partial charge in [0.25, 0.3) is 0 Å². The fourth-order valence-electron chi connectivity index (χ4n) is 4.20. The largest absolute Gasteiger partial charge is 0.494 e. The second-order valence-electron chi connectivity index (χ2n) is 9.28. The SMILES string of the molecule is CCC1COB(c2ccc(C(=O)OCc3ccc(C(C)CC(C)(CC)C(=O)OC)cc3)cc2)O1. The molecule has 3 unspecified atom stereocenters. The third kappa shape index (κ3) is 6.27. The van der Waals surface area contributed by atoms with Crippen molar-refractivity contribution in [2.75, 3.05) is 13.7 Å². The number of carbonyl (C=O) groups excluding carboxylic acids is 2. The molecule has 1 aliphatic rings. The molecule has 3 rings (SSSR count). The minimum absolute atomic E-state index is 0.119. The molecular weight excluding hydrogens is 431 g/mol. The molecule has 182 valence electrons. The fourth-order valence-corrected chi connectivity index (χ4v) is 4.20. The highest BCUT2D eigenvalue weighted by Crippen LogP contribution is 2.35. The zero-order valence-corrected chi connectivity index (χ0v) is 20.8. The number of methoxy groups -OCH3 is 1. The van der Waals surface area contributed by atoms with Crippen LogP contribution in [-0.4, -0.2) is 38.9 Å². The first kappa shape index (κ1) is 26.0. The van der Waals surface area contributed by atoms with Crippen molar-refractivity contribution in [3.8, 4) is 0 Å². The van der Waals surface area contributed by atoms with Crippen molar-refractivity contribution in [2.24, 2.45) is 5.41 Å². The zero-order valence-electron chi connectivity index (χ0n) is 20.8. The van der Waals surface area contributed by atoms with Crippen LogP contribution in [0, 0.1) is 5.41 Å². The van der Waals surface area contributed by atoms with Crippen LogP contribution in [0.15, 0.2) is 48.5 Å². The summed E-state index contributed by atoms with van der Waals surface area (Å²) < 4.78 is 22.0. The Morgan fingerprint density at radius 3 is 2.35 bits per heavy atom. The summed E-state index contributed by atoms with van der Waals surface area (Å²) in [6.45, 7) is 8.91. The van der Waals surface area contributed by atoms with Crippen molar-refractivity contribution in [3.63, 3.8) is 0 Å². The Morgan fingerprint density at radius 1 is 1.12 bits per heavy atom. The maximum absolute atomic E-state index is 12.5. The summed E-state index contributed by atoms with van der Waals surface area (Å²) in [6, 6.07) is 15.1. The number of hydrogen-bond donors (Lipinski definition) is 0. The number of benzene rings is 2. The average molecular weight is 466 g/mol. The Balaban J connectivity index is 1.53. The minimum atomic E-state index is -0.508. The lowest BCUT2D eigenvalue weighted by molar-refractivity contribution is -0.152. The van der Waals surface area contributed by atoms with Crippen LogP contribution in [0.25, 0.3) is 0 Å². The van der Waals surface area contributed by atoms with Crippen molar-refractivity contribution in [3.05, 3.63) is 65.2 Å². The normalized spacial score (nSPS) is 18.3. The predicted octanol–water partition coefficient (Wildman–Crippen LogP) is 4.65. The average Bonchev–Trinajstić information content (AvgIpc) is 3.36. The van der Waals surface area contributed by atoms with Crippen LogP contribution < -0.4 is 5.46 Å². The molecule has 0 spiro atoms. The second kappa shape index (κ2) is 11.7. The molecule has 34 heavy (non-hydrogen) atoms. The number of ether oxygens (including phenoxy) is 2. The molecule has 0 aliphatic carbocycles. The van der Waals surface area contributed by atoms with Crippen LogP contribution in [0.2, 0.25) is 0 Å². The van der Waals surface area contributed by atoms with Crippen molar-refractivity contribution < 1.29 is 28.4 Å². The Bertz CT molecular complexity index is 958. The fraction of sp³-hybridized carbons (Fsp3) is 0.481. The molecule has 0 N–H and O–H groups in total. The molecule has 0 saturated carbocycles. The molecule has 1 aliphatic heterocycles. The topological polar surface area (TPSA) is 71.1 Å². The minimum Gasteiger partial charge on any atom is -0.469 e. The van der Waals surface area contributed by atoms with E-state index in [2.05, 4.69) is 13.8 Å². The van der Waals surface area contributed by atoms with Crippen LogP contribution in [0.1, 0.15) is 74.4 Å². The molecule has 2 aromatic rings. The van der Waals surface area contributed by atoms with Gasteiger partial charge in [0.15, 0.2) is 0 Å². The molecule has 1 fully saturated rings. The quantitative estimate of drug-likeness (QED) is 0.375. The molecule has 1 heterocycles. The standard InChI is InChI=1S/C27H35BO6/c1-6-24-18-33-28(34-24)23-14-12-22(13-15-23)25(29)32-17-20-8-10-21(11-9-20)19(3)16-27(4,7-2)26(30)31-5/h8-15,19,24H,6-7,16-18H2,1-5H3. The molecular formula is C27H35BO6. The van der Waals surface area contributed by atoms with E-state index in [0.717, 1.165) is 29.4 Å². The van der Waals surface area contributed by atoms with Crippen molar-refractivity contribution in [1.82, 2.24) is 0 Å². The lowest BCUT2D eigenvalue weighted by atomic mass is 9.77. The first-order chi connectivity index (χ1) is 16.3. The summed E-state index contributed by atoms with van der Waals surface area (Å²) in [6.07, 6.45) is 2.45. The van der Waals surface area contributed by atoms with Gasteiger partial charge in [0.05, 0.1) is 30.8 Å². The van der Waals surface area contributed by atoms with E-state index < -0.39 is 5.41 Å². The van der Waals surface area contributed by atoms with Gasteiger partial charge >= 0.3 is 19.1 Å². The molecule has 7 heteroatoms. The molecule has 3 atom stereocenters. The predicted molar refractivity (Wildman–Crippen MR) is 132 cm³/mol. The summed E-state index contributed by atoms with van der Waals surface area (Å²) in [5.74, 6) is -0.355. The van der Waals surface area contributed by atoms with Gasteiger partial charge in [0.2, 0.25) is 0 Å². The van der Waals surface area contributed by atoms with E-state index in [0.29, 0.717) is 18.6 Å². The van der Waals surface area contributed by atoms with Gasteiger partial charge in [-0.1, -0.05) is 57.2 Å². The van der Waals surface area contributed by atoms with Gasteiger partial charge in [-0.05, 0) is 60.8 Å². The first-order valence-electron chi connectivity index (χ1n) is 12.0. The lowest BCUT2D eigenvalue weighted by Gasteiger charge is -2.28. The Hall–Kier alpha value is -2.64. The molecule has 0 bridgehead atoms. The van der Waals surface area contributed by atoms with E-state index in [1.165, 1.54) is 7.11 Å². The number of hydrogen-bond acceptors (Lipinski definition) is 6. The molecule has 0 radical (unpaired) electrons. The van der Waals surface area contributed by atoms with Gasteiger partial charge in [-0.2, -0.15) is 0 Å². The summed E-state index contributed by atoms with van der Waals surface area (Å²) >= 11 is 0. The molecule has 1 saturated heterocycles. The van der Waals surface area contributed by atoms with Gasteiger partial charge in [-0.25, -0.2) is 4.79 Å². The lowest BCUT2D eigenvalue weighted by Crippen LogP contribution is -2.32. The van der Waals surface area contributed by atoms with Gasteiger partial charge in [-0.3, -0.25) is 4.79 Å². The molecule has 0 amide bonds. The second-order valence-corrected chi connectivity index (χ2v) is 9.28. The van der Waals surface area contributed by atoms with Crippen LogP contribution in [-0.2, 0) is 30.2 Å². The number of rotatable bonds is 10. The van der Waals surface area contributed by atoms with Crippen LogP contribution in [0.5, 0.6) is 0 Å². The van der Waals surface area contributed by atoms with E-state index in [-0.39, 0.29) is 37.7 Å². The summed E-state index contributed by atoms with van der Waals surface area (Å²) in [4.78, 5) is 24.7. The highest BCUT2D eigenvalue weighted by Gasteiger charge is 2.34. The van der Waals surface area contributed by atoms with E-state index in [4.69, 9.17) is 18.8 Å². The van der Waals surface area contributed by atoms with Gasteiger partial charge in [-0.15, -0.1) is 0 Å². The van der Waals surface area contributed by atoms with E-state index in [1.807, 2.05) is 50.2 Å². The maximum atomic E-state index is 12.5. The first-order valence-corrected chi connectivity index (χ1v) is 12.0. The van der Waals surface area contributed by atoms with E-state index in [9.17, 15) is 9.59 Å². The highest BCUT2D eigenvalue weighted by atomic mass is 16.6. The molecule has 0 aromatic heterocycles. The van der Waals surface area contributed by atoms with Crippen LogP contribution in [0.3, 0.4) is 0 Å². The third-order valence-electron chi connectivity index (χ3n) is 6.76. The Kier molecular flexibility index (Phi) is 8.92. The summed E-state index contributed by atoms with van der Waals surface area (Å²) in [5, 5.41) is 0. The van der Waals surface area contributed by atoms with Crippen molar-refractivity contribution in [2.45, 2.75) is 65.6 Å². The van der Waals surface area contributed by atoms with E-state index in [1.54, 1.807) is 12.1 Å². The summed E-state index contributed by atoms with van der Waals surface area (Å²) in [7, 11) is 1.06. The summed E-state index contributed by atoms with van der Waals surface area (Å²) in [5.41, 5.74) is 2.91. The third-order valence-corrected chi connectivity index (χ3v) is 6.76. The Morgan fingerprint density at radius 2 is 1.79 bits per heavy atom. The number of esters is 2. The van der Waals surface area contributed by atoms with Gasteiger partial charge in [0, 0.05) is 0 Å². The highest BCUT2D eigenvalue weighted by molar-refractivity contribution is 6.61.